The Morgan fingerprint density at radius 1 is 0.941 bits per heavy atom. The number of carbonyl (C=O) groups excluding carboxylic acids is 3. The molecule has 0 aromatic heterocycles. The number of anilines is 1. The van der Waals surface area contributed by atoms with Gasteiger partial charge in [-0.15, -0.1) is 0 Å². The number of methoxy groups -OCH3 is 1. The molecular weight excluding hydrogens is 498 g/mol. The van der Waals surface area contributed by atoms with Crippen molar-refractivity contribution in [2.24, 2.45) is 0 Å². The van der Waals surface area contributed by atoms with Crippen LogP contribution in [0.1, 0.15) is 40.0 Å². The summed E-state index contributed by atoms with van der Waals surface area (Å²) in [5.41, 5.74) is 2.98. The van der Waals surface area contributed by atoms with Gasteiger partial charge in [0.15, 0.2) is 0 Å². The summed E-state index contributed by atoms with van der Waals surface area (Å²) in [5.74, 6) is -2.28. The number of ether oxygens (including phenoxy) is 1. The molecule has 0 saturated carbocycles. The Morgan fingerprint density at radius 3 is 2.09 bits per heavy atom. The number of ketones is 1. The van der Waals surface area contributed by atoms with Gasteiger partial charge >= 0.3 is 5.97 Å². The molecule has 0 radical (unpaired) electrons. The lowest BCUT2D eigenvalue weighted by Gasteiger charge is -2.25. The summed E-state index contributed by atoms with van der Waals surface area (Å²) in [6, 6.07) is 19.9. The number of aliphatic hydroxyl groups excluding tert-OH is 1. The fourth-order valence-electron chi connectivity index (χ4n) is 3.99. The fraction of sp³-hybridized carbons (Fsp3) is 0.148. The lowest BCUT2D eigenvalue weighted by atomic mass is 9.94. The Balaban J connectivity index is 1.88. The molecule has 0 bridgehead atoms. The van der Waals surface area contributed by atoms with Gasteiger partial charge in [-0.2, -0.15) is 0 Å². The second-order valence-corrected chi connectivity index (χ2v) is 8.73. The van der Waals surface area contributed by atoms with E-state index >= 15 is 0 Å². The van der Waals surface area contributed by atoms with Crippen LogP contribution in [0.15, 0.2) is 82.8 Å². The molecule has 1 atom stereocenters. The molecule has 3 aromatic carbocycles. The third kappa shape index (κ3) is 4.26. The first kappa shape index (κ1) is 23.4. The van der Waals surface area contributed by atoms with E-state index in [4.69, 9.17) is 4.74 Å². The van der Waals surface area contributed by atoms with Crippen LogP contribution in [-0.4, -0.2) is 29.9 Å². The van der Waals surface area contributed by atoms with Crippen molar-refractivity contribution in [2.45, 2.75) is 19.4 Å². The van der Waals surface area contributed by atoms with Crippen molar-refractivity contribution >= 4 is 45.0 Å². The SMILES string of the molecule is CCc1ccc(C2/C(=C(\O)c3ccc(Br)cc3)C(=O)C(=O)N2c2ccc(C(=O)OC)cc2)cc1. The maximum absolute atomic E-state index is 13.2. The summed E-state index contributed by atoms with van der Waals surface area (Å²) in [7, 11) is 1.29. The van der Waals surface area contributed by atoms with Crippen LogP contribution in [0, 0.1) is 0 Å². The molecule has 1 fully saturated rings. The van der Waals surface area contributed by atoms with Crippen LogP contribution < -0.4 is 4.90 Å². The van der Waals surface area contributed by atoms with Gasteiger partial charge in [-0.25, -0.2) is 4.79 Å². The normalized spacial score (nSPS) is 17.1. The topological polar surface area (TPSA) is 83.9 Å². The lowest BCUT2D eigenvalue weighted by Crippen LogP contribution is -2.29. The summed E-state index contributed by atoms with van der Waals surface area (Å²) >= 11 is 3.36. The average Bonchev–Trinajstić information content (AvgIpc) is 3.14. The van der Waals surface area contributed by atoms with Gasteiger partial charge in [0.1, 0.15) is 5.76 Å². The molecule has 1 heterocycles. The minimum atomic E-state index is -0.835. The van der Waals surface area contributed by atoms with Crippen LogP contribution >= 0.6 is 15.9 Å². The standard InChI is InChI=1S/C27H22BrNO5/c1-3-16-4-6-17(7-5-16)23-22(24(30)18-8-12-20(28)13-9-18)25(31)26(32)29(23)21-14-10-19(11-15-21)27(33)34-2/h4-15,23,30H,3H2,1-2H3/b24-22+. The smallest absolute Gasteiger partial charge is 0.337 e. The average molecular weight is 520 g/mol. The monoisotopic (exact) mass is 519 g/mol. The van der Waals surface area contributed by atoms with E-state index in [0.717, 1.165) is 16.5 Å². The van der Waals surface area contributed by atoms with E-state index < -0.39 is 23.7 Å². The number of aryl methyl sites for hydroxylation is 1. The van der Waals surface area contributed by atoms with E-state index in [9.17, 15) is 19.5 Å². The van der Waals surface area contributed by atoms with Crippen molar-refractivity contribution in [3.63, 3.8) is 0 Å². The number of amides is 1. The van der Waals surface area contributed by atoms with Crippen molar-refractivity contribution in [1.29, 1.82) is 0 Å². The number of hydrogen-bond donors (Lipinski definition) is 1. The number of benzene rings is 3. The molecule has 0 aliphatic carbocycles. The Labute approximate surface area is 205 Å². The Bertz CT molecular complexity index is 1280. The van der Waals surface area contributed by atoms with Crippen LogP contribution in [0.3, 0.4) is 0 Å². The van der Waals surface area contributed by atoms with E-state index in [1.807, 2.05) is 31.2 Å². The van der Waals surface area contributed by atoms with Gasteiger partial charge in [0, 0.05) is 15.7 Å². The highest BCUT2D eigenvalue weighted by atomic mass is 79.9. The molecule has 34 heavy (non-hydrogen) atoms. The summed E-state index contributed by atoms with van der Waals surface area (Å²) in [6.45, 7) is 2.04. The highest BCUT2D eigenvalue weighted by Gasteiger charge is 2.47. The Kier molecular flexibility index (Phi) is 6.65. The van der Waals surface area contributed by atoms with E-state index in [0.29, 0.717) is 22.4 Å². The molecule has 6 nitrogen and oxygen atoms in total. The molecular formula is C27H22BrNO5. The molecule has 1 aliphatic rings. The first-order chi connectivity index (χ1) is 16.3. The molecule has 7 heteroatoms. The summed E-state index contributed by atoms with van der Waals surface area (Å²) < 4.78 is 5.56. The van der Waals surface area contributed by atoms with Crippen molar-refractivity contribution < 1.29 is 24.2 Å². The van der Waals surface area contributed by atoms with Gasteiger partial charge in [0.05, 0.1) is 24.3 Å². The third-order valence-electron chi connectivity index (χ3n) is 5.83. The minimum Gasteiger partial charge on any atom is -0.507 e. The first-order valence-corrected chi connectivity index (χ1v) is 11.5. The molecule has 1 saturated heterocycles. The molecule has 0 spiro atoms. The fourth-order valence-corrected chi connectivity index (χ4v) is 4.25. The second-order valence-electron chi connectivity index (χ2n) is 7.81. The number of halogens is 1. The highest BCUT2D eigenvalue weighted by Crippen LogP contribution is 2.42. The molecule has 3 aromatic rings. The zero-order valence-corrected chi connectivity index (χ0v) is 20.2. The number of aliphatic hydroxyl groups is 1. The number of rotatable bonds is 5. The maximum Gasteiger partial charge on any atom is 0.337 e. The zero-order valence-electron chi connectivity index (χ0n) is 18.6. The van der Waals surface area contributed by atoms with Crippen molar-refractivity contribution in [3.8, 4) is 0 Å². The molecule has 1 amide bonds. The van der Waals surface area contributed by atoms with E-state index in [1.165, 1.54) is 24.1 Å². The van der Waals surface area contributed by atoms with Crippen molar-refractivity contribution in [3.05, 3.63) is 105 Å². The lowest BCUT2D eigenvalue weighted by molar-refractivity contribution is -0.132. The van der Waals surface area contributed by atoms with Crippen LogP contribution in [0.25, 0.3) is 5.76 Å². The van der Waals surface area contributed by atoms with Gasteiger partial charge in [-0.3, -0.25) is 14.5 Å². The molecule has 4 rings (SSSR count). The van der Waals surface area contributed by atoms with Gasteiger partial charge in [0.25, 0.3) is 11.7 Å². The molecule has 172 valence electrons. The van der Waals surface area contributed by atoms with Crippen molar-refractivity contribution in [2.75, 3.05) is 12.0 Å². The number of nitrogens with zero attached hydrogens (tertiary/aromatic N) is 1. The van der Waals surface area contributed by atoms with Gasteiger partial charge in [-0.1, -0.05) is 59.3 Å². The Hall–Kier alpha value is -3.71. The number of esters is 1. The third-order valence-corrected chi connectivity index (χ3v) is 6.36. The van der Waals surface area contributed by atoms with E-state index in [1.54, 1.807) is 36.4 Å². The summed E-state index contributed by atoms with van der Waals surface area (Å²) in [6.07, 6.45) is 0.842. The van der Waals surface area contributed by atoms with Gasteiger partial charge in [-0.05, 0) is 53.9 Å². The van der Waals surface area contributed by atoms with E-state index in [-0.39, 0.29) is 11.3 Å². The van der Waals surface area contributed by atoms with Crippen molar-refractivity contribution in [1.82, 2.24) is 0 Å². The number of carbonyl (C=O) groups is 3. The van der Waals surface area contributed by atoms with Crippen LogP contribution in [0.5, 0.6) is 0 Å². The molecule has 1 N–H and O–H groups in total. The Morgan fingerprint density at radius 2 is 1.53 bits per heavy atom. The second kappa shape index (κ2) is 9.65. The molecule has 1 aliphatic heterocycles. The largest absolute Gasteiger partial charge is 0.507 e. The molecule has 1 unspecified atom stereocenters. The predicted molar refractivity (Wildman–Crippen MR) is 133 cm³/mol. The highest BCUT2D eigenvalue weighted by molar-refractivity contribution is 9.10. The first-order valence-electron chi connectivity index (χ1n) is 10.7. The minimum absolute atomic E-state index is 0.00798. The van der Waals surface area contributed by atoms with E-state index in [2.05, 4.69) is 15.9 Å². The van der Waals surface area contributed by atoms with Crippen LogP contribution in [0.2, 0.25) is 0 Å². The van der Waals surface area contributed by atoms with Gasteiger partial charge in [0.2, 0.25) is 0 Å². The zero-order chi connectivity index (χ0) is 24.4. The number of Topliss-reactive ketones (excluding diaryl/α,β-unsaturated/α-hetero) is 1. The maximum atomic E-state index is 13.2. The predicted octanol–water partition coefficient (Wildman–Crippen LogP) is 5.42. The quantitative estimate of drug-likeness (QED) is 0.210. The summed E-state index contributed by atoms with van der Waals surface area (Å²) in [4.78, 5) is 39.6. The van der Waals surface area contributed by atoms with Gasteiger partial charge < -0.3 is 9.84 Å². The summed E-state index contributed by atoms with van der Waals surface area (Å²) in [5, 5.41) is 11.1. The van der Waals surface area contributed by atoms with Crippen LogP contribution in [-0.2, 0) is 20.7 Å². The number of hydrogen-bond acceptors (Lipinski definition) is 5. The van der Waals surface area contributed by atoms with Crippen LogP contribution in [0.4, 0.5) is 5.69 Å².